The van der Waals surface area contributed by atoms with E-state index in [9.17, 15) is 4.79 Å². The van der Waals surface area contributed by atoms with Crippen LogP contribution >= 0.6 is 11.3 Å². The zero-order chi connectivity index (χ0) is 19.0. The van der Waals surface area contributed by atoms with Crippen LogP contribution in [0.15, 0.2) is 29.6 Å². The fraction of sp³-hybridized carbons (Fsp3) is 0.350. The van der Waals surface area contributed by atoms with Crippen molar-refractivity contribution < 1.29 is 9.53 Å². The van der Waals surface area contributed by atoms with Gasteiger partial charge >= 0.3 is 0 Å². The quantitative estimate of drug-likeness (QED) is 0.720. The second-order valence-corrected chi connectivity index (χ2v) is 7.79. The van der Waals surface area contributed by atoms with Gasteiger partial charge in [0.05, 0.1) is 24.0 Å². The number of rotatable bonds is 5. The minimum Gasteiger partial charge on any atom is -0.493 e. The van der Waals surface area contributed by atoms with Crippen LogP contribution < -0.4 is 10.1 Å². The lowest BCUT2D eigenvalue weighted by molar-refractivity contribution is -0.116. The maximum atomic E-state index is 12.4. The topological polar surface area (TPSA) is 69.0 Å². The molecule has 1 atom stereocenters. The summed E-state index contributed by atoms with van der Waals surface area (Å²) in [6.45, 7) is 6.70. The molecule has 2 aromatic heterocycles. The molecule has 0 saturated carbocycles. The second-order valence-electron chi connectivity index (χ2n) is 6.93. The average molecular weight is 382 g/mol. The third-order valence-corrected chi connectivity index (χ3v) is 5.44. The number of thiazole rings is 1. The number of fused-ring (bicyclic) bond motifs is 1. The first-order valence-corrected chi connectivity index (χ1v) is 9.92. The van der Waals surface area contributed by atoms with Crippen molar-refractivity contribution in [3.63, 3.8) is 0 Å². The minimum atomic E-state index is -0.0571. The van der Waals surface area contributed by atoms with Crippen molar-refractivity contribution >= 4 is 22.4 Å². The van der Waals surface area contributed by atoms with Gasteiger partial charge in [-0.2, -0.15) is 5.10 Å². The van der Waals surface area contributed by atoms with Crippen molar-refractivity contribution in [3.05, 3.63) is 46.6 Å². The smallest absolute Gasteiger partial charge is 0.228 e. The summed E-state index contributed by atoms with van der Waals surface area (Å²) in [6, 6.07) is 8.13. The Hall–Kier alpha value is -2.67. The standard InChI is InChI=1S/C20H22N4O2S/c1-12-8-13(2)24(23-12)14(3)9-19(25)22-20-21-17(11-27-20)15-4-5-18-16(10-15)6-7-26-18/h4-5,8,10-11,14H,6-7,9H2,1-3H3,(H,21,22,25)/t14-/m1/s1. The van der Waals surface area contributed by atoms with E-state index in [1.807, 2.05) is 49.0 Å². The molecule has 1 aliphatic rings. The SMILES string of the molecule is Cc1cc(C)n([C@H](C)CC(=O)Nc2nc(-c3ccc4c(c3)CCO4)cs2)n1. The summed E-state index contributed by atoms with van der Waals surface area (Å²) < 4.78 is 7.45. The van der Waals surface area contributed by atoms with E-state index in [0.29, 0.717) is 11.6 Å². The van der Waals surface area contributed by atoms with E-state index < -0.39 is 0 Å². The lowest BCUT2D eigenvalue weighted by atomic mass is 10.1. The molecule has 3 heterocycles. The Balaban J connectivity index is 1.41. The predicted octanol–water partition coefficient (Wildman–Crippen LogP) is 4.15. The van der Waals surface area contributed by atoms with Gasteiger partial charge in [-0.25, -0.2) is 4.98 Å². The molecule has 0 radical (unpaired) electrons. The number of nitrogens with zero attached hydrogens (tertiary/aromatic N) is 3. The van der Waals surface area contributed by atoms with Crippen LogP contribution in [-0.2, 0) is 11.2 Å². The predicted molar refractivity (Wildman–Crippen MR) is 106 cm³/mol. The number of carbonyl (C=O) groups is 1. The number of anilines is 1. The van der Waals surface area contributed by atoms with Gasteiger partial charge in [-0.05, 0) is 50.6 Å². The molecule has 1 aliphatic heterocycles. The van der Waals surface area contributed by atoms with E-state index in [-0.39, 0.29) is 11.9 Å². The highest BCUT2D eigenvalue weighted by Crippen LogP contribution is 2.32. The number of nitrogens with one attached hydrogen (secondary N) is 1. The summed E-state index contributed by atoms with van der Waals surface area (Å²) in [5.41, 5.74) is 5.15. The summed E-state index contributed by atoms with van der Waals surface area (Å²) in [5.74, 6) is 0.902. The first kappa shape index (κ1) is 17.7. The Morgan fingerprint density at radius 3 is 3.00 bits per heavy atom. The normalized spacial score (nSPS) is 13.9. The van der Waals surface area contributed by atoms with Gasteiger partial charge < -0.3 is 10.1 Å². The lowest BCUT2D eigenvalue weighted by Gasteiger charge is -2.13. The van der Waals surface area contributed by atoms with Crippen molar-refractivity contribution in [2.45, 2.75) is 39.7 Å². The average Bonchev–Trinajstić information content (AvgIpc) is 3.33. The van der Waals surface area contributed by atoms with E-state index in [2.05, 4.69) is 21.5 Å². The van der Waals surface area contributed by atoms with Crippen LogP contribution in [0.3, 0.4) is 0 Å². The zero-order valence-corrected chi connectivity index (χ0v) is 16.5. The number of carbonyl (C=O) groups excluding carboxylic acids is 1. The van der Waals surface area contributed by atoms with Crippen molar-refractivity contribution in [2.75, 3.05) is 11.9 Å². The molecule has 1 N–H and O–H groups in total. The third-order valence-electron chi connectivity index (χ3n) is 4.68. The molecule has 0 unspecified atom stereocenters. The Labute approximate surface area is 162 Å². The summed E-state index contributed by atoms with van der Waals surface area (Å²) >= 11 is 1.44. The van der Waals surface area contributed by atoms with E-state index in [4.69, 9.17) is 4.74 Å². The number of aromatic nitrogens is 3. The Morgan fingerprint density at radius 2 is 2.22 bits per heavy atom. The maximum Gasteiger partial charge on any atom is 0.228 e. The van der Waals surface area contributed by atoms with Crippen LogP contribution in [-0.4, -0.2) is 27.3 Å². The third kappa shape index (κ3) is 3.73. The lowest BCUT2D eigenvalue weighted by Crippen LogP contribution is -2.19. The molecule has 7 heteroatoms. The van der Waals surface area contributed by atoms with Gasteiger partial charge in [0.15, 0.2) is 5.13 Å². The number of hydrogen-bond acceptors (Lipinski definition) is 5. The molecule has 0 spiro atoms. The molecule has 27 heavy (non-hydrogen) atoms. The highest BCUT2D eigenvalue weighted by atomic mass is 32.1. The number of amides is 1. The molecule has 0 fully saturated rings. The number of aryl methyl sites for hydroxylation is 2. The summed E-state index contributed by atoms with van der Waals surface area (Å²) in [4.78, 5) is 17.0. The second kappa shape index (κ2) is 7.15. The largest absolute Gasteiger partial charge is 0.493 e. The summed E-state index contributed by atoms with van der Waals surface area (Å²) in [7, 11) is 0. The number of ether oxygens (including phenoxy) is 1. The fourth-order valence-corrected chi connectivity index (χ4v) is 4.16. The van der Waals surface area contributed by atoms with Crippen LogP contribution in [0.1, 0.15) is 36.3 Å². The van der Waals surface area contributed by atoms with Crippen molar-refractivity contribution in [1.29, 1.82) is 0 Å². The monoisotopic (exact) mass is 382 g/mol. The first-order chi connectivity index (χ1) is 13.0. The fourth-order valence-electron chi connectivity index (χ4n) is 3.43. The van der Waals surface area contributed by atoms with Gasteiger partial charge in [0.25, 0.3) is 0 Å². The molecule has 6 nitrogen and oxygen atoms in total. The van der Waals surface area contributed by atoms with Gasteiger partial charge in [0.2, 0.25) is 5.91 Å². The molecule has 3 aromatic rings. The van der Waals surface area contributed by atoms with E-state index in [1.54, 1.807) is 0 Å². The van der Waals surface area contributed by atoms with Crippen LogP contribution in [0, 0.1) is 13.8 Å². The van der Waals surface area contributed by atoms with E-state index >= 15 is 0 Å². The molecule has 4 rings (SSSR count). The number of hydrogen-bond donors (Lipinski definition) is 1. The Morgan fingerprint density at radius 1 is 1.37 bits per heavy atom. The van der Waals surface area contributed by atoms with Gasteiger partial charge in [-0.3, -0.25) is 9.48 Å². The van der Waals surface area contributed by atoms with Gasteiger partial charge in [-0.1, -0.05) is 0 Å². The minimum absolute atomic E-state index is 0.00477. The van der Waals surface area contributed by atoms with Gasteiger partial charge in [0.1, 0.15) is 5.75 Å². The van der Waals surface area contributed by atoms with Crippen LogP contribution in [0.4, 0.5) is 5.13 Å². The van der Waals surface area contributed by atoms with E-state index in [0.717, 1.165) is 41.4 Å². The van der Waals surface area contributed by atoms with E-state index in [1.165, 1.54) is 16.9 Å². The highest BCUT2D eigenvalue weighted by molar-refractivity contribution is 7.14. The summed E-state index contributed by atoms with van der Waals surface area (Å²) in [5, 5.41) is 9.96. The summed E-state index contributed by atoms with van der Waals surface area (Å²) in [6.07, 6.45) is 1.29. The zero-order valence-electron chi connectivity index (χ0n) is 15.7. The molecule has 1 aromatic carbocycles. The van der Waals surface area contributed by atoms with Crippen molar-refractivity contribution in [1.82, 2.24) is 14.8 Å². The Kier molecular flexibility index (Phi) is 4.70. The highest BCUT2D eigenvalue weighted by Gasteiger charge is 2.17. The molecule has 1 amide bonds. The van der Waals surface area contributed by atoms with Crippen LogP contribution in [0.2, 0.25) is 0 Å². The molecule has 0 bridgehead atoms. The van der Waals surface area contributed by atoms with Crippen LogP contribution in [0.25, 0.3) is 11.3 Å². The first-order valence-electron chi connectivity index (χ1n) is 9.04. The van der Waals surface area contributed by atoms with Crippen molar-refractivity contribution in [2.24, 2.45) is 0 Å². The van der Waals surface area contributed by atoms with Gasteiger partial charge in [0, 0.05) is 29.5 Å². The molecule has 140 valence electrons. The Bertz CT molecular complexity index is 992. The molecule has 0 saturated heterocycles. The molecular formula is C20H22N4O2S. The number of benzene rings is 1. The maximum absolute atomic E-state index is 12.4. The van der Waals surface area contributed by atoms with Crippen molar-refractivity contribution in [3.8, 4) is 17.0 Å². The molecule has 0 aliphatic carbocycles. The van der Waals surface area contributed by atoms with Crippen LogP contribution in [0.5, 0.6) is 5.75 Å². The molecular weight excluding hydrogens is 360 g/mol. The van der Waals surface area contributed by atoms with Gasteiger partial charge in [-0.15, -0.1) is 11.3 Å².